The molecule has 0 unspecified atom stereocenters. The van der Waals surface area contributed by atoms with Crippen LogP contribution in [-0.4, -0.2) is 64.2 Å². The van der Waals surface area contributed by atoms with Crippen molar-refractivity contribution in [1.82, 2.24) is 19.9 Å². The van der Waals surface area contributed by atoms with Gasteiger partial charge in [0, 0.05) is 42.2 Å². The summed E-state index contributed by atoms with van der Waals surface area (Å²) in [6.45, 7) is 2.36. The average Bonchev–Trinajstić information content (AvgIpc) is 3.42. The molecular weight excluding hydrogens is 426 g/mol. The lowest BCUT2D eigenvalue weighted by Crippen LogP contribution is -2.39. The minimum absolute atomic E-state index is 0.104. The van der Waals surface area contributed by atoms with E-state index in [1.807, 2.05) is 31.3 Å². The van der Waals surface area contributed by atoms with Gasteiger partial charge < -0.3 is 14.9 Å². The molecule has 166 valence electrons. The molecule has 2 aliphatic rings. The van der Waals surface area contributed by atoms with Gasteiger partial charge in [-0.05, 0) is 55.8 Å². The van der Waals surface area contributed by atoms with E-state index in [0.29, 0.717) is 35.9 Å². The van der Waals surface area contributed by atoms with Crippen LogP contribution in [0.1, 0.15) is 34.6 Å². The molecule has 5 rings (SSSR count). The molecule has 1 N–H and O–H groups in total. The Kier molecular flexibility index (Phi) is 5.49. The van der Waals surface area contributed by atoms with Gasteiger partial charge in [0.2, 0.25) is 0 Å². The highest BCUT2D eigenvalue weighted by Gasteiger charge is 2.44. The molecule has 0 spiro atoms. The molecule has 1 fully saturated rings. The Hall–Kier alpha value is -2.74. The third-order valence-electron chi connectivity index (χ3n) is 6.51. The number of carbonyl (C=O) groups excluding carboxylic acids is 1. The van der Waals surface area contributed by atoms with Gasteiger partial charge in [0.25, 0.3) is 5.91 Å². The average molecular weight is 452 g/mol. The van der Waals surface area contributed by atoms with Crippen LogP contribution in [0, 0.1) is 0 Å². The summed E-state index contributed by atoms with van der Waals surface area (Å²) in [5.74, 6) is -0.104. The van der Waals surface area contributed by atoms with Crippen LogP contribution in [0.5, 0.6) is 0 Å². The number of aliphatic hydroxyl groups excluding tert-OH is 1. The smallest absolute Gasteiger partial charge is 0.278 e. The molecule has 1 aromatic heterocycles. The maximum absolute atomic E-state index is 13.4. The Morgan fingerprint density at radius 3 is 2.62 bits per heavy atom. The van der Waals surface area contributed by atoms with Crippen molar-refractivity contribution in [2.24, 2.45) is 0 Å². The molecule has 0 saturated heterocycles. The monoisotopic (exact) mass is 451 g/mol. The molecule has 1 aliphatic heterocycles. The molecule has 8 heteroatoms. The van der Waals surface area contributed by atoms with Gasteiger partial charge in [0.05, 0.1) is 18.0 Å². The molecule has 1 aliphatic carbocycles. The van der Waals surface area contributed by atoms with Crippen LogP contribution >= 0.6 is 11.6 Å². The third kappa shape index (κ3) is 3.81. The Balaban J connectivity index is 1.39. The number of fused-ring (bicyclic) bond motifs is 1. The number of benzene rings is 2. The first-order valence-corrected chi connectivity index (χ1v) is 11.3. The van der Waals surface area contributed by atoms with Crippen molar-refractivity contribution in [1.29, 1.82) is 0 Å². The van der Waals surface area contributed by atoms with Crippen LogP contribution in [0.3, 0.4) is 0 Å². The molecule has 1 saturated carbocycles. The molecule has 1 amide bonds. The number of amides is 1. The van der Waals surface area contributed by atoms with Crippen molar-refractivity contribution in [3.05, 3.63) is 70.5 Å². The maximum Gasteiger partial charge on any atom is 0.278 e. The number of hydrogen-bond acceptors (Lipinski definition) is 5. The lowest BCUT2D eigenvalue weighted by Gasteiger charge is -2.28. The number of nitrogens with zero attached hydrogens (tertiary/aromatic N) is 5. The summed E-state index contributed by atoms with van der Waals surface area (Å²) in [4.78, 5) is 17.4. The fourth-order valence-corrected chi connectivity index (χ4v) is 4.81. The summed E-state index contributed by atoms with van der Waals surface area (Å²) < 4.78 is 1.58. The van der Waals surface area contributed by atoms with Gasteiger partial charge in [-0.15, -0.1) is 5.10 Å². The van der Waals surface area contributed by atoms with Gasteiger partial charge in [-0.25, -0.2) is 4.68 Å². The number of aliphatic hydroxyl groups is 1. The Labute approximate surface area is 192 Å². The van der Waals surface area contributed by atoms with E-state index in [1.165, 1.54) is 5.56 Å². The summed E-state index contributed by atoms with van der Waals surface area (Å²) in [7, 11) is 2.05. The van der Waals surface area contributed by atoms with E-state index < -0.39 is 0 Å². The molecule has 0 atom stereocenters. The van der Waals surface area contributed by atoms with Crippen LogP contribution in [0.4, 0.5) is 5.69 Å². The van der Waals surface area contributed by atoms with Gasteiger partial charge in [0.15, 0.2) is 5.69 Å². The Morgan fingerprint density at radius 1 is 1.16 bits per heavy atom. The van der Waals surface area contributed by atoms with E-state index in [4.69, 9.17) is 11.6 Å². The summed E-state index contributed by atoms with van der Waals surface area (Å²) in [6.07, 6.45) is 2.95. The topological polar surface area (TPSA) is 74.5 Å². The number of rotatable bonds is 7. The van der Waals surface area contributed by atoms with Crippen LogP contribution < -0.4 is 4.90 Å². The lowest BCUT2D eigenvalue weighted by molar-refractivity contribution is 0.0973. The summed E-state index contributed by atoms with van der Waals surface area (Å²) in [6, 6.07) is 15.6. The number of likely N-dealkylation sites (N-methyl/N-ethyl adjacent to an activating group) is 1. The highest BCUT2D eigenvalue weighted by Crippen LogP contribution is 2.49. The summed E-state index contributed by atoms with van der Waals surface area (Å²) in [5.41, 5.74) is 4.26. The van der Waals surface area contributed by atoms with Gasteiger partial charge in [0.1, 0.15) is 0 Å². The number of hydrogen-bond donors (Lipinski definition) is 1. The minimum atomic E-state index is -0.104. The van der Waals surface area contributed by atoms with Gasteiger partial charge >= 0.3 is 0 Å². The fraction of sp³-hybridized carbons (Fsp3) is 0.375. The van der Waals surface area contributed by atoms with Crippen molar-refractivity contribution >= 4 is 23.2 Å². The maximum atomic E-state index is 13.4. The van der Waals surface area contributed by atoms with Crippen LogP contribution in [0.25, 0.3) is 5.69 Å². The van der Waals surface area contributed by atoms with Gasteiger partial charge in [-0.2, -0.15) is 0 Å². The SMILES string of the molecule is CN(CCO)CC1(c2ccc(N3CCc4nnn(-c5cccc(Cl)c5)c4C3=O)cc2)CC1. The molecule has 0 bridgehead atoms. The lowest BCUT2D eigenvalue weighted by atomic mass is 9.95. The second kappa shape index (κ2) is 8.31. The van der Waals surface area contributed by atoms with Crippen LogP contribution in [-0.2, 0) is 11.8 Å². The summed E-state index contributed by atoms with van der Waals surface area (Å²) >= 11 is 6.14. The second-order valence-corrected chi connectivity index (χ2v) is 9.21. The van der Waals surface area contributed by atoms with E-state index in [0.717, 1.165) is 30.8 Å². The van der Waals surface area contributed by atoms with E-state index in [9.17, 15) is 9.90 Å². The standard InChI is InChI=1S/C24H26ClN5O2/c1-28(13-14-31)16-24(10-11-24)17-5-7-19(8-6-17)29-12-9-21-22(23(29)32)30(27-26-21)20-4-2-3-18(25)15-20/h2-8,15,31H,9-14,16H2,1H3. The number of carbonyl (C=O) groups is 1. The van der Waals surface area contributed by atoms with Crippen molar-refractivity contribution in [2.75, 3.05) is 38.2 Å². The quantitative estimate of drug-likeness (QED) is 0.597. The first kappa shape index (κ1) is 21.1. The van der Waals surface area contributed by atoms with E-state index in [2.05, 4.69) is 27.3 Å². The van der Waals surface area contributed by atoms with Crippen LogP contribution in [0.2, 0.25) is 5.02 Å². The zero-order chi connectivity index (χ0) is 22.3. The minimum Gasteiger partial charge on any atom is -0.395 e. The highest BCUT2D eigenvalue weighted by atomic mass is 35.5. The molecule has 2 aromatic carbocycles. The Morgan fingerprint density at radius 2 is 1.94 bits per heavy atom. The fourth-order valence-electron chi connectivity index (χ4n) is 4.63. The molecule has 32 heavy (non-hydrogen) atoms. The van der Waals surface area contributed by atoms with E-state index in [-0.39, 0.29) is 17.9 Å². The number of aromatic nitrogens is 3. The zero-order valence-corrected chi connectivity index (χ0v) is 18.8. The largest absolute Gasteiger partial charge is 0.395 e. The normalized spacial score (nSPS) is 17.0. The first-order chi connectivity index (χ1) is 15.5. The van der Waals surface area contributed by atoms with Gasteiger partial charge in [-0.3, -0.25) is 4.79 Å². The first-order valence-electron chi connectivity index (χ1n) is 10.9. The third-order valence-corrected chi connectivity index (χ3v) is 6.75. The van der Waals surface area contributed by atoms with Crippen molar-refractivity contribution in [3.8, 4) is 5.69 Å². The highest BCUT2D eigenvalue weighted by molar-refractivity contribution is 6.30. The number of anilines is 1. The zero-order valence-electron chi connectivity index (χ0n) is 18.0. The van der Waals surface area contributed by atoms with Crippen molar-refractivity contribution in [2.45, 2.75) is 24.7 Å². The molecule has 0 radical (unpaired) electrons. The van der Waals surface area contributed by atoms with Crippen LogP contribution in [0.15, 0.2) is 48.5 Å². The number of halogens is 1. The van der Waals surface area contributed by atoms with E-state index >= 15 is 0 Å². The second-order valence-electron chi connectivity index (χ2n) is 8.77. The molecular formula is C24H26ClN5O2. The predicted octanol–water partition coefficient (Wildman–Crippen LogP) is 3.08. The molecule has 3 aromatic rings. The molecule has 7 nitrogen and oxygen atoms in total. The van der Waals surface area contributed by atoms with Gasteiger partial charge in [-0.1, -0.05) is 35.0 Å². The van der Waals surface area contributed by atoms with Crippen molar-refractivity contribution < 1.29 is 9.90 Å². The van der Waals surface area contributed by atoms with Crippen molar-refractivity contribution in [3.63, 3.8) is 0 Å². The summed E-state index contributed by atoms with van der Waals surface area (Å²) in [5, 5.41) is 18.2. The Bertz CT molecular complexity index is 1140. The molecule has 2 heterocycles. The van der Waals surface area contributed by atoms with E-state index in [1.54, 1.807) is 21.7 Å². The predicted molar refractivity (Wildman–Crippen MR) is 124 cm³/mol.